The fourth-order valence-electron chi connectivity index (χ4n) is 2.96. The number of carbonyl (C=O) groups is 2. The molecule has 2 amide bonds. The van der Waals surface area contributed by atoms with Crippen LogP contribution >= 0.6 is 34.5 Å². The lowest BCUT2D eigenvalue weighted by Gasteiger charge is -2.15. The number of likely N-dealkylation sites (N-methyl/N-ethyl adjacent to an activating group) is 1. The maximum atomic E-state index is 12.8. The van der Waals surface area contributed by atoms with Crippen molar-refractivity contribution < 1.29 is 14.3 Å². The highest BCUT2D eigenvalue weighted by atomic mass is 35.5. The van der Waals surface area contributed by atoms with E-state index >= 15 is 0 Å². The molecule has 0 radical (unpaired) electrons. The Morgan fingerprint density at radius 3 is 2.77 bits per heavy atom. The Labute approximate surface area is 188 Å². The Morgan fingerprint density at radius 2 is 2.07 bits per heavy atom. The Morgan fingerprint density at radius 1 is 1.30 bits per heavy atom. The molecule has 0 aliphatic carbocycles. The number of aromatic nitrogens is 2. The molecule has 7 nitrogen and oxygen atoms in total. The minimum Gasteiger partial charge on any atom is -0.383 e. The Bertz CT molecular complexity index is 1080. The summed E-state index contributed by atoms with van der Waals surface area (Å²) < 4.78 is 6.73. The first-order valence-corrected chi connectivity index (χ1v) is 10.8. The summed E-state index contributed by atoms with van der Waals surface area (Å²) in [5, 5.41) is 9.33. The van der Waals surface area contributed by atoms with Crippen LogP contribution in [0.4, 0.5) is 0 Å². The predicted molar refractivity (Wildman–Crippen MR) is 120 cm³/mol. The first-order valence-electron chi connectivity index (χ1n) is 9.22. The van der Waals surface area contributed by atoms with E-state index in [4.69, 9.17) is 27.9 Å². The molecule has 3 aromatic rings. The summed E-state index contributed by atoms with van der Waals surface area (Å²) in [6.45, 7) is 3.17. The molecule has 10 heteroatoms. The minimum atomic E-state index is -0.233. The summed E-state index contributed by atoms with van der Waals surface area (Å²) in [7, 11) is 3.17. The van der Waals surface area contributed by atoms with Gasteiger partial charge in [0.15, 0.2) is 0 Å². The molecule has 30 heavy (non-hydrogen) atoms. The molecule has 2 heterocycles. The fraction of sp³-hybridized carbons (Fsp3) is 0.350. The average Bonchev–Trinajstić information content (AvgIpc) is 3.25. The van der Waals surface area contributed by atoms with Crippen LogP contribution in [0.1, 0.15) is 20.9 Å². The third-order valence-corrected chi connectivity index (χ3v) is 6.23. The number of ether oxygens (including phenoxy) is 1. The lowest BCUT2D eigenvalue weighted by molar-refractivity contribution is -0.121. The van der Waals surface area contributed by atoms with Crippen LogP contribution in [-0.2, 0) is 16.1 Å². The van der Waals surface area contributed by atoms with Crippen LogP contribution in [0.3, 0.4) is 0 Å². The van der Waals surface area contributed by atoms with Gasteiger partial charge in [0, 0.05) is 36.1 Å². The number of amides is 2. The van der Waals surface area contributed by atoms with Crippen LogP contribution in [0, 0.1) is 6.92 Å². The Hall–Kier alpha value is -2.13. The van der Waals surface area contributed by atoms with Crippen molar-refractivity contribution in [3.05, 3.63) is 50.4 Å². The van der Waals surface area contributed by atoms with Crippen LogP contribution in [0.25, 0.3) is 10.2 Å². The summed E-state index contributed by atoms with van der Waals surface area (Å²) in [6, 6.07) is 7.17. The summed E-state index contributed by atoms with van der Waals surface area (Å²) >= 11 is 13.6. The number of thiophene rings is 1. The second-order valence-electron chi connectivity index (χ2n) is 6.81. The van der Waals surface area contributed by atoms with Gasteiger partial charge in [-0.15, -0.1) is 11.3 Å². The lowest BCUT2D eigenvalue weighted by Crippen LogP contribution is -2.39. The van der Waals surface area contributed by atoms with E-state index in [2.05, 4.69) is 10.4 Å². The number of hydrogen-bond acceptors (Lipinski definition) is 5. The van der Waals surface area contributed by atoms with E-state index in [1.165, 1.54) is 16.2 Å². The number of nitrogens with zero attached hydrogens (tertiary/aromatic N) is 3. The fourth-order valence-corrected chi connectivity index (χ4v) is 4.58. The molecular formula is C20H22Cl2N4O3S. The quantitative estimate of drug-likeness (QED) is 0.512. The van der Waals surface area contributed by atoms with E-state index in [9.17, 15) is 9.59 Å². The van der Waals surface area contributed by atoms with Crippen molar-refractivity contribution in [3.8, 4) is 0 Å². The smallest absolute Gasteiger partial charge is 0.264 e. The first kappa shape index (κ1) is 22.6. The summed E-state index contributed by atoms with van der Waals surface area (Å²) in [4.78, 5) is 27.6. The van der Waals surface area contributed by atoms with Gasteiger partial charge in [-0.05, 0) is 30.7 Å². The molecule has 0 bridgehead atoms. The third kappa shape index (κ3) is 5.13. The molecule has 0 saturated carbocycles. The van der Waals surface area contributed by atoms with Gasteiger partial charge >= 0.3 is 0 Å². The molecule has 160 valence electrons. The summed E-state index contributed by atoms with van der Waals surface area (Å²) in [5.74, 6) is -0.447. The van der Waals surface area contributed by atoms with E-state index in [0.29, 0.717) is 34.6 Å². The van der Waals surface area contributed by atoms with Crippen molar-refractivity contribution in [2.75, 3.05) is 33.9 Å². The van der Waals surface area contributed by atoms with Gasteiger partial charge in [0.05, 0.1) is 30.3 Å². The van der Waals surface area contributed by atoms with E-state index in [1.54, 1.807) is 26.3 Å². The number of benzene rings is 1. The summed E-state index contributed by atoms with van der Waals surface area (Å²) in [6.07, 6.45) is 0. The number of carbonyl (C=O) groups excluding carboxylic acids is 2. The zero-order chi connectivity index (χ0) is 21.8. The molecule has 0 aliphatic heterocycles. The highest BCUT2D eigenvalue weighted by Gasteiger charge is 2.20. The number of rotatable bonds is 8. The molecule has 2 aromatic heterocycles. The van der Waals surface area contributed by atoms with Crippen molar-refractivity contribution in [1.29, 1.82) is 0 Å². The minimum absolute atomic E-state index is 0.0255. The van der Waals surface area contributed by atoms with Gasteiger partial charge in [0.2, 0.25) is 5.91 Å². The number of methoxy groups -OCH3 is 1. The van der Waals surface area contributed by atoms with Crippen LogP contribution in [0.15, 0.2) is 24.3 Å². The normalized spacial score (nSPS) is 11.1. The standard InChI is InChI=1S/C20H22Cl2N4O3S/c1-12-15-9-17(19(28)25(2)11-18(27)23-6-7-29-3)30-20(15)26(24-12)10-13-4-5-14(21)8-16(13)22/h4-5,8-9H,6-7,10-11H2,1-3H3,(H,23,27). The van der Waals surface area contributed by atoms with Gasteiger partial charge < -0.3 is 15.0 Å². The van der Waals surface area contributed by atoms with Crippen LogP contribution in [0.5, 0.6) is 0 Å². The molecule has 0 spiro atoms. The molecule has 0 fully saturated rings. The van der Waals surface area contributed by atoms with E-state index in [-0.39, 0.29) is 18.4 Å². The molecule has 0 unspecified atom stereocenters. The molecule has 3 rings (SSSR count). The monoisotopic (exact) mass is 468 g/mol. The van der Waals surface area contributed by atoms with Crippen LogP contribution in [-0.4, -0.2) is 60.3 Å². The lowest BCUT2D eigenvalue weighted by atomic mass is 10.2. The maximum Gasteiger partial charge on any atom is 0.264 e. The SMILES string of the molecule is COCCNC(=O)CN(C)C(=O)c1cc2c(C)nn(Cc3ccc(Cl)cc3Cl)c2s1. The number of halogens is 2. The first-order chi connectivity index (χ1) is 14.3. The van der Waals surface area contributed by atoms with Crippen LogP contribution < -0.4 is 5.32 Å². The molecule has 0 saturated heterocycles. The number of hydrogen-bond donors (Lipinski definition) is 1. The Kier molecular flexibility index (Phi) is 7.36. The zero-order valence-corrected chi connectivity index (χ0v) is 19.2. The number of fused-ring (bicyclic) bond motifs is 1. The molecule has 0 atom stereocenters. The molecular weight excluding hydrogens is 447 g/mol. The van der Waals surface area contributed by atoms with Gasteiger partial charge in [-0.2, -0.15) is 5.10 Å². The average molecular weight is 469 g/mol. The number of aryl methyl sites for hydroxylation is 1. The van der Waals surface area contributed by atoms with Gasteiger partial charge in [0.25, 0.3) is 5.91 Å². The van der Waals surface area contributed by atoms with Crippen LogP contribution in [0.2, 0.25) is 10.0 Å². The van der Waals surface area contributed by atoms with Gasteiger partial charge in [0.1, 0.15) is 4.83 Å². The third-order valence-electron chi connectivity index (χ3n) is 4.51. The second-order valence-corrected chi connectivity index (χ2v) is 8.69. The Balaban J connectivity index is 1.77. The maximum absolute atomic E-state index is 12.8. The van der Waals surface area contributed by atoms with E-state index in [0.717, 1.165) is 21.5 Å². The van der Waals surface area contributed by atoms with Crippen molar-refractivity contribution in [2.24, 2.45) is 0 Å². The van der Waals surface area contributed by atoms with E-state index in [1.807, 2.05) is 23.7 Å². The highest BCUT2D eigenvalue weighted by Crippen LogP contribution is 2.30. The highest BCUT2D eigenvalue weighted by molar-refractivity contribution is 7.20. The zero-order valence-electron chi connectivity index (χ0n) is 16.9. The van der Waals surface area contributed by atoms with Crippen molar-refractivity contribution in [3.63, 3.8) is 0 Å². The topological polar surface area (TPSA) is 76.5 Å². The molecule has 0 aliphatic rings. The van der Waals surface area contributed by atoms with Gasteiger partial charge in [-0.1, -0.05) is 29.3 Å². The van der Waals surface area contributed by atoms with Crippen molar-refractivity contribution >= 4 is 56.6 Å². The summed E-state index contributed by atoms with van der Waals surface area (Å²) in [5.41, 5.74) is 1.71. The van der Waals surface area contributed by atoms with Crippen molar-refractivity contribution in [2.45, 2.75) is 13.5 Å². The second kappa shape index (κ2) is 9.78. The molecule has 1 aromatic carbocycles. The molecule has 1 N–H and O–H groups in total. The largest absolute Gasteiger partial charge is 0.383 e. The predicted octanol–water partition coefficient (Wildman–Crippen LogP) is 3.60. The van der Waals surface area contributed by atoms with Gasteiger partial charge in [-0.25, -0.2) is 0 Å². The van der Waals surface area contributed by atoms with E-state index < -0.39 is 0 Å². The van der Waals surface area contributed by atoms with Crippen molar-refractivity contribution in [1.82, 2.24) is 20.0 Å². The number of nitrogens with one attached hydrogen (secondary N) is 1. The van der Waals surface area contributed by atoms with Gasteiger partial charge in [-0.3, -0.25) is 14.3 Å².